The number of carbonyl (C=O) groups is 3. The largest absolute Gasteiger partial charge is 0.481 e. The van der Waals surface area contributed by atoms with E-state index < -0.39 is 5.97 Å². The fourth-order valence-corrected chi connectivity index (χ4v) is 5.06. The molecule has 0 spiro atoms. The minimum atomic E-state index is -0.906. The highest BCUT2D eigenvalue weighted by molar-refractivity contribution is 7.17. The fraction of sp³-hybridized carbons (Fsp3) is 0.650. The SMILES string of the molecule is CCC1CCc2c(sc(NC(=O)CC(C)CC(=O)O)c2C(=O)NC2CC2)C1. The predicted octanol–water partition coefficient (Wildman–Crippen LogP) is 3.59. The summed E-state index contributed by atoms with van der Waals surface area (Å²) >= 11 is 1.52. The topological polar surface area (TPSA) is 95.5 Å². The second kappa shape index (κ2) is 8.42. The van der Waals surface area contributed by atoms with E-state index in [4.69, 9.17) is 5.11 Å². The Kier molecular flexibility index (Phi) is 6.19. The molecular weight excluding hydrogens is 364 g/mol. The van der Waals surface area contributed by atoms with Gasteiger partial charge in [0.25, 0.3) is 5.91 Å². The average Bonchev–Trinajstić information content (AvgIpc) is 3.32. The molecule has 2 aliphatic rings. The van der Waals surface area contributed by atoms with Gasteiger partial charge in [-0.2, -0.15) is 0 Å². The molecule has 0 bridgehead atoms. The highest BCUT2D eigenvalue weighted by Gasteiger charge is 2.32. The number of fused-ring (bicyclic) bond motifs is 1. The first-order valence-electron chi connectivity index (χ1n) is 9.84. The molecule has 2 atom stereocenters. The van der Waals surface area contributed by atoms with Crippen LogP contribution in [0.15, 0.2) is 0 Å². The van der Waals surface area contributed by atoms with Gasteiger partial charge in [0.1, 0.15) is 5.00 Å². The maximum absolute atomic E-state index is 12.8. The monoisotopic (exact) mass is 392 g/mol. The van der Waals surface area contributed by atoms with E-state index in [2.05, 4.69) is 17.6 Å². The van der Waals surface area contributed by atoms with E-state index in [1.807, 2.05) is 0 Å². The molecule has 0 aliphatic heterocycles. The molecule has 3 rings (SSSR count). The number of hydrogen-bond donors (Lipinski definition) is 3. The molecule has 1 aromatic heterocycles. The van der Waals surface area contributed by atoms with Crippen molar-refractivity contribution in [3.8, 4) is 0 Å². The molecule has 1 saturated carbocycles. The Balaban J connectivity index is 1.78. The van der Waals surface area contributed by atoms with Gasteiger partial charge in [-0.1, -0.05) is 20.3 Å². The lowest BCUT2D eigenvalue weighted by Gasteiger charge is -2.21. The third-order valence-corrected chi connectivity index (χ3v) is 6.56. The van der Waals surface area contributed by atoms with Gasteiger partial charge < -0.3 is 15.7 Å². The van der Waals surface area contributed by atoms with E-state index in [1.165, 1.54) is 16.2 Å². The summed E-state index contributed by atoms with van der Waals surface area (Å²) in [5, 5.41) is 15.5. The van der Waals surface area contributed by atoms with E-state index in [-0.39, 0.29) is 36.6 Å². The molecular formula is C20H28N2O4S. The van der Waals surface area contributed by atoms with E-state index in [9.17, 15) is 14.4 Å². The van der Waals surface area contributed by atoms with Crippen LogP contribution in [0.4, 0.5) is 5.00 Å². The fourth-order valence-electron chi connectivity index (χ4n) is 3.68. The van der Waals surface area contributed by atoms with Crippen molar-refractivity contribution in [2.45, 2.75) is 71.3 Å². The predicted molar refractivity (Wildman–Crippen MR) is 105 cm³/mol. The Morgan fingerprint density at radius 2 is 1.96 bits per heavy atom. The van der Waals surface area contributed by atoms with Crippen molar-refractivity contribution < 1.29 is 19.5 Å². The number of amides is 2. The third-order valence-electron chi connectivity index (χ3n) is 5.39. The van der Waals surface area contributed by atoms with Crippen molar-refractivity contribution in [1.82, 2.24) is 5.32 Å². The van der Waals surface area contributed by atoms with Crippen LogP contribution in [0.3, 0.4) is 0 Å². The number of nitrogens with one attached hydrogen (secondary N) is 2. The summed E-state index contributed by atoms with van der Waals surface area (Å²) < 4.78 is 0. The lowest BCUT2D eigenvalue weighted by Crippen LogP contribution is -2.28. The number of thiophene rings is 1. The van der Waals surface area contributed by atoms with Crippen LogP contribution >= 0.6 is 11.3 Å². The summed E-state index contributed by atoms with van der Waals surface area (Å²) in [6, 6.07) is 0.263. The summed E-state index contributed by atoms with van der Waals surface area (Å²) in [5.74, 6) is -0.828. The molecule has 1 heterocycles. The average molecular weight is 393 g/mol. The summed E-state index contributed by atoms with van der Waals surface area (Å²) in [5.41, 5.74) is 1.73. The second-order valence-corrected chi connectivity index (χ2v) is 9.03. The molecule has 3 N–H and O–H groups in total. The van der Waals surface area contributed by atoms with Crippen molar-refractivity contribution in [2.75, 3.05) is 5.32 Å². The zero-order chi connectivity index (χ0) is 19.6. The Morgan fingerprint density at radius 3 is 2.59 bits per heavy atom. The first kappa shape index (κ1) is 19.9. The van der Waals surface area contributed by atoms with E-state index in [1.54, 1.807) is 6.92 Å². The first-order chi connectivity index (χ1) is 12.9. The standard InChI is InChI=1S/C20H28N2O4S/c1-3-12-4-7-14-15(10-12)27-20(18(14)19(26)21-13-5-6-13)22-16(23)8-11(2)9-17(24)25/h11-13H,3-10H2,1-2H3,(H,21,26)(H,22,23)(H,24,25). The molecule has 1 fully saturated rings. The molecule has 6 nitrogen and oxygen atoms in total. The summed E-state index contributed by atoms with van der Waals surface area (Å²) in [7, 11) is 0. The van der Waals surface area contributed by atoms with Gasteiger partial charge in [0, 0.05) is 23.8 Å². The highest BCUT2D eigenvalue weighted by atomic mass is 32.1. The number of anilines is 1. The van der Waals surface area contributed by atoms with Crippen LogP contribution in [0, 0.1) is 11.8 Å². The Labute approximate surface area is 163 Å². The van der Waals surface area contributed by atoms with Gasteiger partial charge in [0.15, 0.2) is 0 Å². The molecule has 148 valence electrons. The number of rotatable bonds is 8. The van der Waals surface area contributed by atoms with Gasteiger partial charge in [-0.3, -0.25) is 14.4 Å². The normalized spacial score (nSPS) is 19.9. The van der Waals surface area contributed by atoms with Gasteiger partial charge in [-0.25, -0.2) is 0 Å². The minimum absolute atomic E-state index is 0.0401. The smallest absolute Gasteiger partial charge is 0.303 e. The van der Waals surface area contributed by atoms with Crippen molar-refractivity contribution in [2.24, 2.45) is 11.8 Å². The van der Waals surface area contributed by atoms with Crippen LogP contribution < -0.4 is 10.6 Å². The molecule has 2 aliphatic carbocycles. The molecule has 2 unspecified atom stereocenters. The van der Waals surface area contributed by atoms with Gasteiger partial charge in [0.05, 0.1) is 5.56 Å². The van der Waals surface area contributed by atoms with Crippen LogP contribution in [0.2, 0.25) is 0 Å². The number of carboxylic acid groups (broad SMARTS) is 1. The summed E-state index contributed by atoms with van der Waals surface area (Å²) in [6.45, 7) is 3.94. The van der Waals surface area contributed by atoms with Crippen molar-refractivity contribution in [3.63, 3.8) is 0 Å². The van der Waals surface area contributed by atoms with E-state index in [0.29, 0.717) is 16.5 Å². The summed E-state index contributed by atoms with van der Waals surface area (Å²) in [6.07, 6.45) is 6.17. The molecule has 0 aromatic carbocycles. The number of carboxylic acids is 1. The lowest BCUT2D eigenvalue weighted by molar-refractivity contribution is -0.138. The van der Waals surface area contributed by atoms with E-state index in [0.717, 1.165) is 44.1 Å². The summed E-state index contributed by atoms with van der Waals surface area (Å²) in [4.78, 5) is 37.3. The maximum Gasteiger partial charge on any atom is 0.303 e. The first-order valence-corrected chi connectivity index (χ1v) is 10.7. The molecule has 1 aromatic rings. The van der Waals surface area contributed by atoms with Crippen LogP contribution in [0.5, 0.6) is 0 Å². The van der Waals surface area contributed by atoms with Crippen LogP contribution in [0.1, 0.15) is 73.2 Å². The molecule has 2 amide bonds. The van der Waals surface area contributed by atoms with Gasteiger partial charge in [0.2, 0.25) is 5.91 Å². The van der Waals surface area contributed by atoms with Gasteiger partial charge in [-0.15, -0.1) is 11.3 Å². The molecule has 0 radical (unpaired) electrons. The van der Waals surface area contributed by atoms with Crippen LogP contribution in [-0.2, 0) is 22.4 Å². The maximum atomic E-state index is 12.8. The van der Waals surface area contributed by atoms with E-state index >= 15 is 0 Å². The molecule has 0 saturated heterocycles. The van der Waals surface area contributed by atoms with Crippen molar-refractivity contribution >= 4 is 34.1 Å². The Morgan fingerprint density at radius 1 is 1.22 bits per heavy atom. The molecule has 27 heavy (non-hydrogen) atoms. The Bertz CT molecular complexity index is 739. The minimum Gasteiger partial charge on any atom is -0.481 e. The highest BCUT2D eigenvalue weighted by Crippen LogP contribution is 2.41. The third kappa shape index (κ3) is 5.09. The molecule has 7 heteroatoms. The zero-order valence-corrected chi connectivity index (χ0v) is 16.8. The zero-order valence-electron chi connectivity index (χ0n) is 16.0. The van der Waals surface area contributed by atoms with Crippen molar-refractivity contribution in [1.29, 1.82) is 0 Å². The van der Waals surface area contributed by atoms with Crippen molar-refractivity contribution in [3.05, 3.63) is 16.0 Å². The quantitative estimate of drug-likeness (QED) is 0.630. The number of aliphatic carboxylic acids is 1. The van der Waals surface area contributed by atoms with Crippen LogP contribution in [0.25, 0.3) is 0 Å². The van der Waals surface area contributed by atoms with Gasteiger partial charge in [-0.05, 0) is 49.5 Å². The number of hydrogen-bond acceptors (Lipinski definition) is 4. The van der Waals surface area contributed by atoms with Crippen LogP contribution in [-0.4, -0.2) is 28.9 Å². The second-order valence-electron chi connectivity index (χ2n) is 7.93. The number of carbonyl (C=O) groups excluding carboxylic acids is 2. The lowest BCUT2D eigenvalue weighted by atomic mass is 9.85. The Hall–Kier alpha value is -1.89. The van der Waals surface area contributed by atoms with Gasteiger partial charge >= 0.3 is 5.97 Å².